The van der Waals surface area contributed by atoms with Crippen molar-refractivity contribution in [1.29, 1.82) is 0 Å². The van der Waals surface area contributed by atoms with Gasteiger partial charge in [-0.05, 0) is 30.5 Å². The van der Waals surface area contributed by atoms with Crippen molar-refractivity contribution >= 4 is 34.8 Å². The van der Waals surface area contributed by atoms with Crippen LogP contribution in [0.2, 0.25) is 5.02 Å². The molecule has 174 valence electrons. The van der Waals surface area contributed by atoms with Crippen LogP contribution in [0, 0.1) is 10.1 Å². The molecule has 10 heteroatoms. The molecule has 1 heterocycles. The average Bonchev–Trinajstić information content (AvgIpc) is 3.61. The van der Waals surface area contributed by atoms with Crippen molar-refractivity contribution < 1.29 is 14.5 Å². The molecule has 2 aromatic rings. The third-order valence-electron chi connectivity index (χ3n) is 5.86. The normalized spacial score (nSPS) is 17.8. The largest absolute Gasteiger partial charge is 0.352 e. The molecule has 1 aliphatic carbocycles. The van der Waals surface area contributed by atoms with Gasteiger partial charge in [0.1, 0.15) is 11.1 Å². The highest BCUT2D eigenvalue weighted by Crippen LogP contribution is 2.29. The standard InChI is InChI=1S/C23H26ClN5O4/c24-19-9-8-18(14-20(19)29(32)33)26-23(31)22(16-4-2-1-3-5-16)28-12-10-27(11-13-28)15-21(30)25-17-6-7-17/h1-5,8-9,14,17,22H,6-7,10-13,15H2,(H,25,30)(H,26,31). The molecular formula is C23H26ClN5O4. The lowest BCUT2D eigenvalue weighted by molar-refractivity contribution is -0.384. The maximum atomic E-state index is 13.3. The minimum absolute atomic E-state index is 0.0134. The van der Waals surface area contributed by atoms with Crippen molar-refractivity contribution in [2.75, 3.05) is 38.0 Å². The summed E-state index contributed by atoms with van der Waals surface area (Å²) in [5.41, 5.74) is 0.884. The van der Waals surface area contributed by atoms with Crippen molar-refractivity contribution in [3.8, 4) is 0 Å². The van der Waals surface area contributed by atoms with Gasteiger partial charge < -0.3 is 10.6 Å². The zero-order valence-corrected chi connectivity index (χ0v) is 18.8. The fraction of sp³-hybridized carbons (Fsp3) is 0.391. The number of piperazine rings is 1. The molecule has 4 rings (SSSR count). The van der Waals surface area contributed by atoms with Gasteiger partial charge in [-0.3, -0.25) is 29.5 Å². The van der Waals surface area contributed by atoms with Gasteiger partial charge in [0.25, 0.3) is 5.69 Å². The number of hydrogen-bond donors (Lipinski definition) is 2. The summed E-state index contributed by atoms with van der Waals surface area (Å²) in [6.45, 7) is 2.93. The Morgan fingerprint density at radius 2 is 1.79 bits per heavy atom. The first-order valence-corrected chi connectivity index (χ1v) is 11.3. The van der Waals surface area contributed by atoms with Gasteiger partial charge in [0.15, 0.2) is 0 Å². The fourth-order valence-corrected chi connectivity index (χ4v) is 4.17. The first-order valence-electron chi connectivity index (χ1n) is 11.0. The molecular weight excluding hydrogens is 446 g/mol. The van der Waals surface area contributed by atoms with Crippen LogP contribution in [0.15, 0.2) is 48.5 Å². The molecule has 9 nitrogen and oxygen atoms in total. The quantitative estimate of drug-likeness (QED) is 0.452. The highest BCUT2D eigenvalue weighted by Gasteiger charge is 2.32. The van der Waals surface area contributed by atoms with Crippen LogP contribution in [-0.4, -0.2) is 65.3 Å². The second-order valence-electron chi connectivity index (χ2n) is 8.38. The van der Waals surface area contributed by atoms with E-state index in [2.05, 4.69) is 20.4 Å². The van der Waals surface area contributed by atoms with E-state index in [-0.39, 0.29) is 22.5 Å². The fourth-order valence-electron chi connectivity index (χ4n) is 3.99. The van der Waals surface area contributed by atoms with Crippen LogP contribution in [0.1, 0.15) is 24.4 Å². The number of benzene rings is 2. The Hall–Kier alpha value is -3.01. The molecule has 1 atom stereocenters. The Kier molecular flexibility index (Phi) is 7.22. The van der Waals surface area contributed by atoms with E-state index in [1.165, 1.54) is 12.1 Å². The van der Waals surface area contributed by atoms with E-state index in [1.807, 2.05) is 30.3 Å². The van der Waals surface area contributed by atoms with Crippen LogP contribution in [0.5, 0.6) is 0 Å². The van der Waals surface area contributed by atoms with Crippen LogP contribution < -0.4 is 10.6 Å². The van der Waals surface area contributed by atoms with E-state index in [0.29, 0.717) is 44.5 Å². The van der Waals surface area contributed by atoms with Gasteiger partial charge >= 0.3 is 0 Å². The highest BCUT2D eigenvalue weighted by molar-refractivity contribution is 6.32. The Balaban J connectivity index is 1.45. The molecule has 0 bridgehead atoms. The van der Waals surface area contributed by atoms with E-state index >= 15 is 0 Å². The molecule has 33 heavy (non-hydrogen) atoms. The lowest BCUT2D eigenvalue weighted by atomic mass is 10.0. The Morgan fingerprint density at radius 1 is 1.09 bits per heavy atom. The number of nitro benzene ring substituents is 1. The zero-order valence-electron chi connectivity index (χ0n) is 18.1. The smallest absolute Gasteiger partial charge is 0.289 e. The summed E-state index contributed by atoms with van der Waals surface area (Å²) >= 11 is 5.89. The van der Waals surface area contributed by atoms with Crippen LogP contribution in [0.4, 0.5) is 11.4 Å². The van der Waals surface area contributed by atoms with Gasteiger partial charge in [-0.2, -0.15) is 0 Å². The number of nitrogens with one attached hydrogen (secondary N) is 2. The molecule has 2 fully saturated rings. The second kappa shape index (κ2) is 10.3. The molecule has 1 saturated heterocycles. The van der Waals surface area contributed by atoms with E-state index < -0.39 is 11.0 Å². The van der Waals surface area contributed by atoms with Crippen molar-refractivity contribution in [3.63, 3.8) is 0 Å². The Bertz CT molecular complexity index is 1020. The molecule has 2 N–H and O–H groups in total. The van der Waals surface area contributed by atoms with Crippen LogP contribution in [0.25, 0.3) is 0 Å². The number of nitrogens with zero attached hydrogens (tertiary/aromatic N) is 3. The monoisotopic (exact) mass is 471 g/mol. The number of hydrogen-bond acceptors (Lipinski definition) is 6. The van der Waals surface area contributed by atoms with Gasteiger partial charge in [-0.25, -0.2) is 0 Å². The van der Waals surface area contributed by atoms with E-state index in [1.54, 1.807) is 6.07 Å². The number of carbonyl (C=O) groups excluding carboxylic acids is 2. The lowest BCUT2D eigenvalue weighted by Crippen LogP contribution is -2.52. The summed E-state index contributed by atoms with van der Waals surface area (Å²) in [7, 11) is 0. The summed E-state index contributed by atoms with van der Waals surface area (Å²) in [5.74, 6) is -0.231. The number of rotatable bonds is 8. The first-order chi connectivity index (χ1) is 15.9. The van der Waals surface area contributed by atoms with E-state index in [0.717, 1.165) is 18.4 Å². The first kappa shape index (κ1) is 23.2. The molecule has 1 saturated carbocycles. The molecule has 0 spiro atoms. The Morgan fingerprint density at radius 3 is 2.42 bits per heavy atom. The van der Waals surface area contributed by atoms with Gasteiger partial charge in [0, 0.05) is 44.0 Å². The number of nitro groups is 1. The SMILES string of the molecule is O=C(CN1CCN(C(C(=O)Nc2ccc(Cl)c([N+](=O)[O-])c2)c2ccccc2)CC1)NC1CC1. The summed E-state index contributed by atoms with van der Waals surface area (Å²) in [6, 6.07) is 13.4. The zero-order chi connectivity index (χ0) is 23.4. The van der Waals surface area contributed by atoms with E-state index in [4.69, 9.17) is 11.6 Å². The molecule has 2 aromatic carbocycles. The summed E-state index contributed by atoms with van der Waals surface area (Å²) in [4.78, 5) is 40.2. The molecule has 1 aliphatic heterocycles. The maximum absolute atomic E-state index is 13.3. The summed E-state index contributed by atoms with van der Waals surface area (Å²) in [5, 5.41) is 17.0. The minimum Gasteiger partial charge on any atom is -0.352 e. The van der Waals surface area contributed by atoms with Gasteiger partial charge in [0.2, 0.25) is 11.8 Å². The maximum Gasteiger partial charge on any atom is 0.289 e. The lowest BCUT2D eigenvalue weighted by Gasteiger charge is -2.38. The van der Waals surface area contributed by atoms with Crippen molar-refractivity contribution in [2.24, 2.45) is 0 Å². The topological polar surface area (TPSA) is 108 Å². The molecule has 1 unspecified atom stereocenters. The molecule has 2 aliphatic rings. The average molecular weight is 472 g/mol. The number of carbonyl (C=O) groups is 2. The van der Waals surface area contributed by atoms with Crippen LogP contribution >= 0.6 is 11.6 Å². The highest BCUT2D eigenvalue weighted by atomic mass is 35.5. The molecule has 0 aromatic heterocycles. The van der Waals surface area contributed by atoms with Crippen molar-refractivity contribution in [3.05, 3.63) is 69.2 Å². The predicted molar refractivity (Wildman–Crippen MR) is 125 cm³/mol. The summed E-state index contributed by atoms with van der Waals surface area (Å²) < 4.78 is 0. The number of amides is 2. The van der Waals surface area contributed by atoms with Crippen molar-refractivity contribution in [2.45, 2.75) is 24.9 Å². The van der Waals surface area contributed by atoms with Gasteiger partial charge in [0.05, 0.1) is 11.5 Å². The minimum atomic E-state index is -0.578. The molecule has 2 amide bonds. The number of halogens is 1. The Labute approximate surface area is 196 Å². The summed E-state index contributed by atoms with van der Waals surface area (Å²) in [6.07, 6.45) is 2.12. The van der Waals surface area contributed by atoms with E-state index in [9.17, 15) is 19.7 Å². The van der Waals surface area contributed by atoms with Crippen LogP contribution in [-0.2, 0) is 9.59 Å². The number of anilines is 1. The third-order valence-corrected chi connectivity index (χ3v) is 6.18. The molecule has 0 radical (unpaired) electrons. The van der Waals surface area contributed by atoms with Gasteiger partial charge in [-0.1, -0.05) is 41.9 Å². The van der Waals surface area contributed by atoms with Gasteiger partial charge in [-0.15, -0.1) is 0 Å². The van der Waals surface area contributed by atoms with Crippen LogP contribution in [0.3, 0.4) is 0 Å². The predicted octanol–water partition coefficient (Wildman–Crippen LogP) is 2.82. The third kappa shape index (κ3) is 6.07. The second-order valence-corrected chi connectivity index (χ2v) is 8.79. The van der Waals surface area contributed by atoms with Crippen molar-refractivity contribution in [1.82, 2.24) is 15.1 Å².